The first-order chi connectivity index (χ1) is 7.38. The molecule has 0 radical (unpaired) electrons. The largest absolute Gasteiger partial charge is 0.481 e. The Kier molecular flexibility index (Phi) is 3.56. The first kappa shape index (κ1) is 10.4. The topological polar surface area (TPSA) is 34.1 Å². The van der Waals surface area contributed by atoms with Gasteiger partial charge in [-0.1, -0.05) is 18.9 Å². The lowest BCUT2D eigenvalue weighted by Crippen LogP contribution is -2.25. The standard InChI is InChI=1S/C12H18N2O/c1-15-12-7-6-10(9-14-12)8-13-11-4-2-3-5-11/h6-7,9,11,13H,2-5,8H2,1H3. The van der Waals surface area contributed by atoms with Crippen LogP contribution in [0.5, 0.6) is 5.88 Å². The molecule has 1 N–H and O–H groups in total. The van der Waals surface area contributed by atoms with Gasteiger partial charge in [-0.2, -0.15) is 0 Å². The quantitative estimate of drug-likeness (QED) is 0.819. The van der Waals surface area contributed by atoms with Gasteiger partial charge in [0.2, 0.25) is 5.88 Å². The molecule has 0 amide bonds. The Labute approximate surface area is 90.9 Å². The molecule has 0 bridgehead atoms. The Morgan fingerprint density at radius 1 is 1.40 bits per heavy atom. The molecule has 0 aliphatic heterocycles. The molecule has 0 atom stereocenters. The van der Waals surface area contributed by atoms with Crippen LogP contribution in [0.15, 0.2) is 18.3 Å². The molecule has 1 aromatic rings. The molecule has 1 heterocycles. The maximum atomic E-state index is 5.02. The Balaban J connectivity index is 1.82. The van der Waals surface area contributed by atoms with Gasteiger partial charge in [-0.3, -0.25) is 0 Å². The second-order valence-corrected chi connectivity index (χ2v) is 4.07. The minimum absolute atomic E-state index is 0.680. The summed E-state index contributed by atoms with van der Waals surface area (Å²) < 4.78 is 5.02. The number of aromatic nitrogens is 1. The number of hydrogen-bond acceptors (Lipinski definition) is 3. The number of nitrogens with zero attached hydrogens (tertiary/aromatic N) is 1. The van der Waals surface area contributed by atoms with Crippen molar-refractivity contribution in [2.45, 2.75) is 38.3 Å². The molecule has 3 heteroatoms. The Bertz CT molecular complexity index is 291. The van der Waals surface area contributed by atoms with Crippen LogP contribution in [0.1, 0.15) is 31.2 Å². The maximum Gasteiger partial charge on any atom is 0.212 e. The van der Waals surface area contributed by atoms with E-state index in [1.54, 1.807) is 7.11 Å². The number of methoxy groups -OCH3 is 1. The zero-order chi connectivity index (χ0) is 10.5. The van der Waals surface area contributed by atoms with Crippen LogP contribution in [0.2, 0.25) is 0 Å². The van der Waals surface area contributed by atoms with E-state index in [9.17, 15) is 0 Å². The third-order valence-electron chi connectivity index (χ3n) is 2.96. The smallest absolute Gasteiger partial charge is 0.212 e. The van der Waals surface area contributed by atoms with Crippen molar-refractivity contribution in [3.63, 3.8) is 0 Å². The van der Waals surface area contributed by atoms with Crippen LogP contribution < -0.4 is 10.1 Å². The molecule has 1 aromatic heterocycles. The number of hydrogen-bond donors (Lipinski definition) is 1. The fourth-order valence-electron chi connectivity index (χ4n) is 2.03. The highest BCUT2D eigenvalue weighted by Gasteiger charge is 2.13. The number of rotatable bonds is 4. The van der Waals surface area contributed by atoms with E-state index in [4.69, 9.17) is 4.74 Å². The summed E-state index contributed by atoms with van der Waals surface area (Å²) in [5.74, 6) is 0.680. The van der Waals surface area contributed by atoms with Gasteiger partial charge in [0.15, 0.2) is 0 Å². The highest BCUT2D eigenvalue weighted by Crippen LogP contribution is 2.18. The zero-order valence-electron chi connectivity index (χ0n) is 9.20. The highest BCUT2D eigenvalue weighted by molar-refractivity contribution is 5.17. The average molecular weight is 206 g/mol. The van der Waals surface area contributed by atoms with E-state index < -0.39 is 0 Å². The molecular weight excluding hydrogens is 188 g/mol. The van der Waals surface area contributed by atoms with E-state index >= 15 is 0 Å². The molecule has 0 spiro atoms. The SMILES string of the molecule is COc1ccc(CNC2CCCC2)cn1. The van der Waals surface area contributed by atoms with Crippen LogP contribution >= 0.6 is 0 Å². The molecule has 0 aromatic carbocycles. The minimum Gasteiger partial charge on any atom is -0.481 e. The molecule has 3 nitrogen and oxygen atoms in total. The van der Waals surface area contributed by atoms with Crippen molar-refractivity contribution in [2.75, 3.05) is 7.11 Å². The Morgan fingerprint density at radius 2 is 2.20 bits per heavy atom. The lowest BCUT2D eigenvalue weighted by Gasteiger charge is -2.11. The predicted molar refractivity (Wildman–Crippen MR) is 59.9 cm³/mol. The van der Waals surface area contributed by atoms with Crippen molar-refractivity contribution in [1.82, 2.24) is 10.3 Å². The van der Waals surface area contributed by atoms with Crippen LogP contribution in [-0.4, -0.2) is 18.1 Å². The summed E-state index contributed by atoms with van der Waals surface area (Å²) >= 11 is 0. The van der Waals surface area contributed by atoms with Crippen molar-refractivity contribution < 1.29 is 4.74 Å². The van der Waals surface area contributed by atoms with Crippen molar-refractivity contribution in [1.29, 1.82) is 0 Å². The molecule has 1 aliphatic rings. The lowest BCUT2D eigenvalue weighted by atomic mass is 10.2. The summed E-state index contributed by atoms with van der Waals surface area (Å²) in [6, 6.07) is 4.69. The second kappa shape index (κ2) is 5.12. The average Bonchev–Trinajstić information content (AvgIpc) is 2.80. The molecule has 15 heavy (non-hydrogen) atoms. The van der Waals surface area contributed by atoms with E-state index in [0.717, 1.165) is 6.54 Å². The normalized spacial score (nSPS) is 16.9. The molecular formula is C12H18N2O. The van der Waals surface area contributed by atoms with Gasteiger partial charge in [-0.05, 0) is 18.4 Å². The zero-order valence-corrected chi connectivity index (χ0v) is 9.20. The number of ether oxygens (including phenoxy) is 1. The van der Waals surface area contributed by atoms with Crippen LogP contribution in [0, 0.1) is 0 Å². The second-order valence-electron chi connectivity index (χ2n) is 4.07. The van der Waals surface area contributed by atoms with Gasteiger partial charge < -0.3 is 10.1 Å². The number of pyridine rings is 1. The third-order valence-corrected chi connectivity index (χ3v) is 2.96. The van der Waals surface area contributed by atoms with Gasteiger partial charge in [-0.15, -0.1) is 0 Å². The van der Waals surface area contributed by atoms with Crippen LogP contribution in [-0.2, 0) is 6.54 Å². The molecule has 2 rings (SSSR count). The summed E-state index contributed by atoms with van der Waals surface area (Å²) in [5, 5.41) is 3.55. The van der Waals surface area contributed by atoms with E-state index in [1.165, 1.54) is 31.2 Å². The molecule has 0 unspecified atom stereocenters. The van der Waals surface area contributed by atoms with E-state index in [-0.39, 0.29) is 0 Å². The highest BCUT2D eigenvalue weighted by atomic mass is 16.5. The summed E-state index contributed by atoms with van der Waals surface area (Å²) in [6.07, 6.45) is 7.27. The van der Waals surface area contributed by atoms with Crippen molar-refractivity contribution in [3.05, 3.63) is 23.9 Å². The van der Waals surface area contributed by atoms with Crippen molar-refractivity contribution in [3.8, 4) is 5.88 Å². The third kappa shape index (κ3) is 2.93. The predicted octanol–water partition coefficient (Wildman–Crippen LogP) is 2.12. The van der Waals surface area contributed by atoms with Gasteiger partial charge in [0, 0.05) is 24.8 Å². The van der Waals surface area contributed by atoms with Gasteiger partial charge in [-0.25, -0.2) is 4.98 Å². The summed E-state index contributed by atoms with van der Waals surface area (Å²) in [6.45, 7) is 0.918. The van der Waals surface area contributed by atoms with E-state index in [2.05, 4.69) is 16.4 Å². The summed E-state index contributed by atoms with van der Waals surface area (Å²) in [5.41, 5.74) is 1.22. The van der Waals surface area contributed by atoms with Crippen LogP contribution in [0.3, 0.4) is 0 Å². The van der Waals surface area contributed by atoms with Crippen LogP contribution in [0.4, 0.5) is 0 Å². The summed E-state index contributed by atoms with van der Waals surface area (Å²) in [7, 11) is 1.64. The lowest BCUT2D eigenvalue weighted by molar-refractivity contribution is 0.397. The monoisotopic (exact) mass is 206 g/mol. The summed E-state index contributed by atoms with van der Waals surface area (Å²) in [4.78, 5) is 4.18. The first-order valence-electron chi connectivity index (χ1n) is 5.61. The van der Waals surface area contributed by atoms with E-state index in [0.29, 0.717) is 11.9 Å². The van der Waals surface area contributed by atoms with Crippen molar-refractivity contribution in [2.24, 2.45) is 0 Å². The van der Waals surface area contributed by atoms with E-state index in [1.807, 2.05) is 12.3 Å². The van der Waals surface area contributed by atoms with Gasteiger partial charge in [0.25, 0.3) is 0 Å². The number of nitrogens with one attached hydrogen (secondary N) is 1. The first-order valence-corrected chi connectivity index (χ1v) is 5.61. The van der Waals surface area contributed by atoms with Gasteiger partial charge in [0.05, 0.1) is 7.11 Å². The van der Waals surface area contributed by atoms with Crippen molar-refractivity contribution >= 4 is 0 Å². The Morgan fingerprint density at radius 3 is 2.80 bits per heavy atom. The molecule has 1 fully saturated rings. The Hall–Kier alpha value is -1.09. The maximum absolute atomic E-state index is 5.02. The molecule has 0 saturated heterocycles. The fraction of sp³-hybridized carbons (Fsp3) is 0.583. The molecule has 1 aliphatic carbocycles. The van der Waals surface area contributed by atoms with Gasteiger partial charge >= 0.3 is 0 Å². The van der Waals surface area contributed by atoms with Gasteiger partial charge in [0.1, 0.15) is 0 Å². The molecule has 1 saturated carbocycles. The fourth-order valence-corrected chi connectivity index (χ4v) is 2.03. The minimum atomic E-state index is 0.680. The van der Waals surface area contributed by atoms with Crippen LogP contribution in [0.25, 0.3) is 0 Å². The molecule has 82 valence electrons.